The van der Waals surface area contributed by atoms with Crippen molar-refractivity contribution in [3.8, 4) is 11.5 Å². The molecule has 8 nitrogen and oxygen atoms in total. The Kier molecular flexibility index (Phi) is 5.77. The highest BCUT2D eigenvalue weighted by Gasteiger charge is 2.24. The zero-order valence-electron chi connectivity index (χ0n) is 13.9. The molecule has 1 N–H and O–H groups in total. The largest absolute Gasteiger partial charge is 0.486 e. The van der Waals surface area contributed by atoms with Crippen LogP contribution in [0.4, 0.5) is 0 Å². The lowest BCUT2D eigenvalue weighted by atomic mass is 10.1. The molecule has 0 spiro atoms. The summed E-state index contributed by atoms with van der Waals surface area (Å²) in [5.41, 5.74) is 0.790. The van der Waals surface area contributed by atoms with Gasteiger partial charge in [0.2, 0.25) is 15.9 Å². The molecule has 1 saturated heterocycles. The van der Waals surface area contributed by atoms with Gasteiger partial charge in [0.25, 0.3) is 0 Å². The molecule has 0 radical (unpaired) electrons. The first-order valence-electron chi connectivity index (χ1n) is 8.25. The van der Waals surface area contributed by atoms with E-state index in [1.54, 1.807) is 18.2 Å². The second kappa shape index (κ2) is 8.03. The maximum atomic E-state index is 12.2. The fourth-order valence-electron chi connectivity index (χ4n) is 2.72. The predicted molar refractivity (Wildman–Crippen MR) is 90.3 cm³/mol. The lowest BCUT2D eigenvalue weighted by molar-refractivity contribution is -0.120. The van der Waals surface area contributed by atoms with Crippen LogP contribution in [-0.2, 0) is 26.0 Å². The van der Waals surface area contributed by atoms with Gasteiger partial charge in [0, 0.05) is 19.6 Å². The molecule has 2 heterocycles. The lowest BCUT2D eigenvalue weighted by Crippen LogP contribution is -2.43. The SMILES string of the molecule is O=C(Cc1ccc2c(c1)OCCO2)NCCS(=O)(=O)N1CCOCC1. The van der Waals surface area contributed by atoms with Crippen LogP contribution >= 0.6 is 0 Å². The number of morpholine rings is 1. The summed E-state index contributed by atoms with van der Waals surface area (Å²) >= 11 is 0. The van der Waals surface area contributed by atoms with E-state index in [4.69, 9.17) is 14.2 Å². The van der Waals surface area contributed by atoms with E-state index in [9.17, 15) is 13.2 Å². The van der Waals surface area contributed by atoms with E-state index < -0.39 is 10.0 Å². The second-order valence-corrected chi connectivity index (χ2v) is 7.92. The zero-order valence-corrected chi connectivity index (χ0v) is 14.7. The number of hydrogen-bond donors (Lipinski definition) is 1. The van der Waals surface area contributed by atoms with Crippen LogP contribution < -0.4 is 14.8 Å². The van der Waals surface area contributed by atoms with Gasteiger partial charge in [-0.2, -0.15) is 4.31 Å². The van der Waals surface area contributed by atoms with E-state index >= 15 is 0 Å². The summed E-state index contributed by atoms with van der Waals surface area (Å²) in [5.74, 6) is 0.965. The maximum Gasteiger partial charge on any atom is 0.224 e. The van der Waals surface area contributed by atoms with Crippen LogP contribution in [0.5, 0.6) is 11.5 Å². The average Bonchev–Trinajstić information content (AvgIpc) is 2.62. The van der Waals surface area contributed by atoms with Gasteiger partial charge in [0.15, 0.2) is 11.5 Å². The van der Waals surface area contributed by atoms with Crippen LogP contribution in [0, 0.1) is 0 Å². The average molecular weight is 370 g/mol. The highest BCUT2D eigenvalue weighted by molar-refractivity contribution is 7.89. The van der Waals surface area contributed by atoms with Crippen molar-refractivity contribution in [1.29, 1.82) is 0 Å². The molecule has 0 bridgehead atoms. The van der Waals surface area contributed by atoms with Crippen molar-refractivity contribution in [2.45, 2.75) is 6.42 Å². The van der Waals surface area contributed by atoms with Crippen LogP contribution in [0.2, 0.25) is 0 Å². The normalized spacial score (nSPS) is 17.9. The van der Waals surface area contributed by atoms with Gasteiger partial charge in [-0.25, -0.2) is 8.42 Å². The number of benzene rings is 1. The number of amides is 1. The van der Waals surface area contributed by atoms with Crippen molar-refractivity contribution in [2.75, 3.05) is 51.8 Å². The fraction of sp³-hybridized carbons (Fsp3) is 0.562. The van der Waals surface area contributed by atoms with E-state index in [1.165, 1.54) is 4.31 Å². The Balaban J connectivity index is 1.46. The highest BCUT2D eigenvalue weighted by atomic mass is 32.2. The molecule has 0 aliphatic carbocycles. The summed E-state index contributed by atoms with van der Waals surface area (Å²) in [6, 6.07) is 5.36. The highest BCUT2D eigenvalue weighted by Crippen LogP contribution is 2.30. The van der Waals surface area contributed by atoms with Gasteiger partial charge >= 0.3 is 0 Å². The third-order valence-electron chi connectivity index (χ3n) is 4.02. The van der Waals surface area contributed by atoms with Gasteiger partial charge in [-0.1, -0.05) is 6.07 Å². The van der Waals surface area contributed by atoms with Gasteiger partial charge in [0.05, 0.1) is 25.4 Å². The molecule has 138 valence electrons. The van der Waals surface area contributed by atoms with Crippen LogP contribution in [-0.4, -0.2) is 70.4 Å². The molecule has 25 heavy (non-hydrogen) atoms. The fourth-order valence-corrected chi connectivity index (χ4v) is 4.04. The molecule has 1 aromatic carbocycles. The summed E-state index contributed by atoms with van der Waals surface area (Å²) < 4.78 is 41.8. The summed E-state index contributed by atoms with van der Waals surface area (Å²) in [7, 11) is -3.36. The van der Waals surface area contributed by atoms with E-state index in [0.29, 0.717) is 51.0 Å². The minimum atomic E-state index is -3.36. The van der Waals surface area contributed by atoms with Crippen molar-refractivity contribution in [1.82, 2.24) is 9.62 Å². The van der Waals surface area contributed by atoms with Crippen molar-refractivity contribution in [3.63, 3.8) is 0 Å². The van der Waals surface area contributed by atoms with Crippen molar-refractivity contribution >= 4 is 15.9 Å². The summed E-state index contributed by atoms with van der Waals surface area (Å²) in [4.78, 5) is 12.0. The maximum absolute atomic E-state index is 12.2. The Labute approximate surface area is 147 Å². The van der Waals surface area contributed by atoms with E-state index in [1.807, 2.05) is 0 Å². The molecule has 0 unspecified atom stereocenters. The number of nitrogens with zero attached hydrogens (tertiary/aromatic N) is 1. The van der Waals surface area contributed by atoms with Gasteiger partial charge in [-0.15, -0.1) is 0 Å². The van der Waals surface area contributed by atoms with Gasteiger partial charge in [-0.05, 0) is 17.7 Å². The topological polar surface area (TPSA) is 94.2 Å². The molecule has 0 atom stereocenters. The number of ether oxygens (including phenoxy) is 3. The Bertz CT molecular complexity index is 715. The van der Waals surface area contributed by atoms with E-state index in [-0.39, 0.29) is 24.6 Å². The van der Waals surface area contributed by atoms with Gasteiger partial charge in [-0.3, -0.25) is 4.79 Å². The van der Waals surface area contributed by atoms with Gasteiger partial charge in [0.1, 0.15) is 13.2 Å². The monoisotopic (exact) mass is 370 g/mol. The van der Waals surface area contributed by atoms with Crippen molar-refractivity contribution in [3.05, 3.63) is 23.8 Å². The Morgan fingerprint density at radius 1 is 1.08 bits per heavy atom. The number of hydrogen-bond acceptors (Lipinski definition) is 6. The van der Waals surface area contributed by atoms with Crippen molar-refractivity contribution in [2.24, 2.45) is 0 Å². The number of sulfonamides is 1. The first-order chi connectivity index (χ1) is 12.0. The number of carbonyl (C=O) groups excluding carboxylic acids is 1. The smallest absolute Gasteiger partial charge is 0.224 e. The number of nitrogens with one attached hydrogen (secondary N) is 1. The van der Waals surface area contributed by atoms with Gasteiger partial charge < -0.3 is 19.5 Å². The molecule has 1 amide bonds. The second-order valence-electron chi connectivity index (χ2n) is 5.83. The van der Waals surface area contributed by atoms with Crippen LogP contribution in [0.15, 0.2) is 18.2 Å². The molecular weight excluding hydrogens is 348 g/mol. The molecule has 1 fully saturated rings. The molecule has 0 saturated carbocycles. The number of rotatable bonds is 6. The van der Waals surface area contributed by atoms with E-state index in [2.05, 4.69) is 5.32 Å². The van der Waals surface area contributed by atoms with Crippen molar-refractivity contribution < 1.29 is 27.4 Å². The van der Waals surface area contributed by atoms with Crippen LogP contribution in [0.3, 0.4) is 0 Å². The molecule has 1 aromatic rings. The zero-order chi connectivity index (χ0) is 17.7. The van der Waals surface area contributed by atoms with Crippen LogP contribution in [0.25, 0.3) is 0 Å². The molecule has 0 aromatic heterocycles. The summed E-state index contributed by atoms with van der Waals surface area (Å²) in [6.07, 6.45) is 0.161. The number of carbonyl (C=O) groups is 1. The van der Waals surface area contributed by atoms with E-state index in [0.717, 1.165) is 5.56 Å². The molecule has 2 aliphatic rings. The number of fused-ring (bicyclic) bond motifs is 1. The minimum absolute atomic E-state index is 0.0864. The summed E-state index contributed by atoms with van der Waals surface area (Å²) in [6.45, 7) is 2.65. The Morgan fingerprint density at radius 2 is 1.80 bits per heavy atom. The standard InChI is InChI=1S/C16H22N2O6S/c19-16(12-13-1-2-14-15(11-13)24-9-8-23-14)17-3-10-25(20,21)18-4-6-22-7-5-18/h1-2,11H,3-10,12H2,(H,17,19). The molecule has 3 rings (SSSR count). The lowest BCUT2D eigenvalue weighted by Gasteiger charge is -2.26. The first kappa shape index (κ1) is 18.0. The first-order valence-corrected chi connectivity index (χ1v) is 9.86. The third kappa shape index (κ3) is 4.83. The Morgan fingerprint density at radius 3 is 2.56 bits per heavy atom. The van der Waals surface area contributed by atoms with Crippen LogP contribution in [0.1, 0.15) is 5.56 Å². The summed E-state index contributed by atoms with van der Waals surface area (Å²) in [5, 5.41) is 2.66. The molecule has 2 aliphatic heterocycles. The minimum Gasteiger partial charge on any atom is -0.486 e. The third-order valence-corrected chi connectivity index (χ3v) is 5.89. The molecule has 9 heteroatoms. The Hall–Kier alpha value is -1.84. The quantitative estimate of drug-likeness (QED) is 0.744. The molecular formula is C16H22N2O6S. The predicted octanol–water partition coefficient (Wildman–Crippen LogP) is -0.221.